The number of ketones is 1. The summed E-state index contributed by atoms with van der Waals surface area (Å²) >= 11 is 0. The van der Waals surface area contributed by atoms with Gasteiger partial charge in [-0.2, -0.15) is 5.10 Å². The van der Waals surface area contributed by atoms with Crippen LogP contribution in [0, 0.1) is 5.41 Å². The fourth-order valence-electron chi connectivity index (χ4n) is 4.67. The molecule has 0 aliphatic heterocycles. The van der Waals surface area contributed by atoms with Crippen LogP contribution in [-0.2, 0) is 26.2 Å². The summed E-state index contributed by atoms with van der Waals surface area (Å²) in [4.78, 5) is 50.7. The highest BCUT2D eigenvalue weighted by atomic mass is 19.1. The number of halogens is 1. The number of carbonyl (C=O) groups excluding carboxylic acids is 4. The van der Waals surface area contributed by atoms with E-state index in [1.54, 1.807) is 20.2 Å². The first-order valence-electron chi connectivity index (χ1n) is 11.2. The third-order valence-corrected chi connectivity index (χ3v) is 6.58. The Labute approximate surface area is 186 Å². The molecule has 0 radical (unpaired) electrons. The number of hydrogen-bond donors (Lipinski definition) is 3. The van der Waals surface area contributed by atoms with Crippen molar-refractivity contribution in [2.24, 2.45) is 12.5 Å². The third kappa shape index (κ3) is 5.34. The Morgan fingerprint density at radius 3 is 2.44 bits per heavy atom. The Morgan fingerprint density at radius 2 is 1.91 bits per heavy atom. The Kier molecular flexibility index (Phi) is 7.00. The SMILES string of the molecule is CCC(=O)N[C@@H](CC1(C)CCCC1)C(=O)N[C@]1(C(=O)C(=O)Nc2ccn(C)n2)C[C@@H](F)C1. The topological polar surface area (TPSA) is 122 Å². The summed E-state index contributed by atoms with van der Waals surface area (Å²) < 4.78 is 15.3. The molecule has 2 fully saturated rings. The minimum absolute atomic E-state index is 0.0984. The Hall–Kier alpha value is -2.78. The first-order chi connectivity index (χ1) is 15.1. The van der Waals surface area contributed by atoms with E-state index in [1.165, 1.54) is 10.7 Å². The lowest BCUT2D eigenvalue weighted by molar-refractivity contribution is -0.146. The highest BCUT2D eigenvalue weighted by molar-refractivity contribution is 6.44. The van der Waals surface area contributed by atoms with Gasteiger partial charge >= 0.3 is 0 Å². The molecule has 2 aliphatic rings. The molecule has 3 amide bonds. The number of hydrogen-bond acceptors (Lipinski definition) is 5. The van der Waals surface area contributed by atoms with Gasteiger partial charge in [0.05, 0.1) is 0 Å². The highest BCUT2D eigenvalue weighted by Crippen LogP contribution is 2.42. The van der Waals surface area contributed by atoms with E-state index in [4.69, 9.17) is 0 Å². The first kappa shape index (κ1) is 23.9. The van der Waals surface area contributed by atoms with Gasteiger partial charge in [0, 0.05) is 38.6 Å². The van der Waals surface area contributed by atoms with Gasteiger partial charge in [0.1, 0.15) is 17.8 Å². The standard InChI is InChI=1S/C22H32FN5O4/c1-4-17(29)24-15(13-21(2)8-5-6-9-21)19(31)26-22(11-14(23)12-22)18(30)20(32)25-16-7-10-28(3)27-16/h7,10,14-15H,4-6,8-9,11-13H2,1-3H3,(H,24,29)(H,26,31)(H,25,27,32)/t14-,15-,22-/m0/s1. The summed E-state index contributed by atoms with van der Waals surface area (Å²) in [6.07, 6.45) is 4.40. The predicted octanol–water partition coefficient (Wildman–Crippen LogP) is 1.78. The van der Waals surface area contributed by atoms with Gasteiger partial charge in [-0.25, -0.2) is 4.39 Å². The van der Waals surface area contributed by atoms with Crippen LogP contribution in [0.2, 0.25) is 0 Å². The second kappa shape index (κ2) is 9.38. The maximum absolute atomic E-state index is 13.9. The second-order valence-corrected chi connectivity index (χ2v) is 9.43. The maximum atomic E-state index is 13.9. The molecular weight excluding hydrogens is 417 g/mol. The summed E-state index contributed by atoms with van der Waals surface area (Å²) in [5.41, 5.74) is -1.72. The molecule has 0 spiro atoms. The average Bonchev–Trinajstić information content (AvgIpc) is 3.33. The summed E-state index contributed by atoms with van der Waals surface area (Å²) in [6, 6.07) is 0.668. The molecular formula is C22H32FN5O4. The quantitative estimate of drug-likeness (QED) is 0.496. The van der Waals surface area contributed by atoms with Gasteiger partial charge in [0.15, 0.2) is 5.82 Å². The van der Waals surface area contributed by atoms with Gasteiger partial charge in [0.25, 0.3) is 5.91 Å². The van der Waals surface area contributed by atoms with Crippen LogP contribution < -0.4 is 16.0 Å². The lowest BCUT2D eigenvalue weighted by atomic mass is 9.71. The minimum atomic E-state index is -1.62. The van der Waals surface area contributed by atoms with E-state index in [0.29, 0.717) is 6.42 Å². The molecule has 1 heterocycles. The van der Waals surface area contributed by atoms with Gasteiger partial charge < -0.3 is 16.0 Å². The summed E-state index contributed by atoms with van der Waals surface area (Å²) in [5.74, 6) is -2.54. The van der Waals surface area contributed by atoms with E-state index in [9.17, 15) is 23.6 Å². The van der Waals surface area contributed by atoms with E-state index in [-0.39, 0.29) is 36.4 Å². The monoisotopic (exact) mass is 449 g/mol. The van der Waals surface area contributed by atoms with Crippen molar-refractivity contribution < 1.29 is 23.6 Å². The zero-order valence-corrected chi connectivity index (χ0v) is 18.9. The highest BCUT2D eigenvalue weighted by Gasteiger charge is 2.54. The molecule has 3 rings (SSSR count). The van der Waals surface area contributed by atoms with Crippen molar-refractivity contribution in [2.75, 3.05) is 5.32 Å². The predicted molar refractivity (Wildman–Crippen MR) is 115 cm³/mol. The van der Waals surface area contributed by atoms with Crippen molar-refractivity contribution >= 4 is 29.3 Å². The number of nitrogens with one attached hydrogen (secondary N) is 3. The molecule has 0 unspecified atom stereocenters. The molecule has 10 heteroatoms. The largest absolute Gasteiger partial charge is 0.344 e. The molecule has 176 valence electrons. The number of anilines is 1. The number of nitrogens with zero attached hydrogens (tertiary/aromatic N) is 2. The molecule has 1 atom stereocenters. The molecule has 9 nitrogen and oxygen atoms in total. The molecule has 32 heavy (non-hydrogen) atoms. The smallest absolute Gasteiger partial charge is 0.295 e. The molecule has 1 aromatic rings. The van der Waals surface area contributed by atoms with Crippen molar-refractivity contribution in [3.05, 3.63) is 12.3 Å². The van der Waals surface area contributed by atoms with Crippen LogP contribution >= 0.6 is 0 Å². The van der Waals surface area contributed by atoms with Crippen LogP contribution in [0.4, 0.5) is 10.2 Å². The van der Waals surface area contributed by atoms with Gasteiger partial charge in [0.2, 0.25) is 17.6 Å². The number of carbonyl (C=O) groups is 4. The van der Waals surface area contributed by atoms with Crippen molar-refractivity contribution in [2.45, 2.75) is 83.0 Å². The van der Waals surface area contributed by atoms with Crippen LogP contribution in [0.1, 0.15) is 65.2 Å². The van der Waals surface area contributed by atoms with E-state index >= 15 is 0 Å². The lowest BCUT2D eigenvalue weighted by Crippen LogP contribution is -2.68. The molecule has 1 aromatic heterocycles. The van der Waals surface area contributed by atoms with Crippen LogP contribution in [0.5, 0.6) is 0 Å². The van der Waals surface area contributed by atoms with Crippen molar-refractivity contribution in [1.29, 1.82) is 0 Å². The Balaban J connectivity index is 1.73. The fourth-order valence-corrected chi connectivity index (χ4v) is 4.67. The van der Waals surface area contributed by atoms with Crippen molar-refractivity contribution in [1.82, 2.24) is 20.4 Å². The van der Waals surface area contributed by atoms with E-state index in [0.717, 1.165) is 25.7 Å². The molecule has 2 saturated carbocycles. The second-order valence-electron chi connectivity index (χ2n) is 9.43. The van der Waals surface area contributed by atoms with Crippen LogP contribution in [-0.4, -0.2) is 51.0 Å². The molecule has 3 N–H and O–H groups in total. The number of Topliss-reactive ketones (excluding diaryl/α,β-unsaturated/α-hetero) is 1. The lowest BCUT2D eigenvalue weighted by Gasteiger charge is -2.43. The molecule has 0 saturated heterocycles. The van der Waals surface area contributed by atoms with Gasteiger partial charge in [-0.15, -0.1) is 0 Å². The van der Waals surface area contributed by atoms with Crippen molar-refractivity contribution in [3.63, 3.8) is 0 Å². The minimum Gasteiger partial charge on any atom is -0.344 e. The maximum Gasteiger partial charge on any atom is 0.295 e. The first-order valence-corrected chi connectivity index (χ1v) is 11.2. The van der Waals surface area contributed by atoms with Crippen LogP contribution in [0.15, 0.2) is 12.3 Å². The van der Waals surface area contributed by atoms with E-state index in [1.807, 2.05) is 0 Å². The number of aryl methyl sites for hydroxylation is 1. The third-order valence-electron chi connectivity index (χ3n) is 6.58. The molecule has 0 aromatic carbocycles. The van der Waals surface area contributed by atoms with E-state index < -0.39 is 35.4 Å². The normalized spacial score (nSPS) is 24.8. The zero-order chi connectivity index (χ0) is 23.5. The van der Waals surface area contributed by atoms with Crippen LogP contribution in [0.3, 0.4) is 0 Å². The Morgan fingerprint density at radius 1 is 1.25 bits per heavy atom. The van der Waals surface area contributed by atoms with Gasteiger partial charge in [-0.1, -0.05) is 26.7 Å². The Bertz CT molecular complexity index is 887. The summed E-state index contributed by atoms with van der Waals surface area (Å²) in [6.45, 7) is 3.77. The average molecular weight is 450 g/mol. The number of amides is 3. The van der Waals surface area contributed by atoms with Crippen molar-refractivity contribution in [3.8, 4) is 0 Å². The van der Waals surface area contributed by atoms with Crippen LogP contribution in [0.25, 0.3) is 0 Å². The van der Waals surface area contributed by atoms with Gasteiger partial charge in [-0.3, -0.25) is 23.9 Å². The summed E-state index contributed by atoms with van der Waals surface area (Å²) in [5, 5.41) is 11.8. The fraction of sp³-hybridized carbons (Fsp3) is 0.682. The molecule has 2 aliphatic carbocycles. The zero-order valence-electron chi connectivity index (χ0n) is 18.9. The number of alkyl halides is 1. The number of aromatic nitrogens is 2. The van der Waals surface area contributed by atoms with Gasteiger partial charge in [-0.05, 0) is 24.7 Å². The number of rotatable bonds is 9. The summed E-state index contributed by atoms with van der Waals surface area (Å²) in [7, 11) is 1.66. The molecule has 0 bridgehead atoms. The van der Waals surface area contributed by atoms with E-state index in [2.05, 4.69) is 28.0 Å².